The average Bonchev–Trinajstić information content (AvgIpc) is 2.52. The number of pyridine rings is 1. The second-order valence-corrected chi connectivity index (χ2v) is 5.17. The van der Waals surface area contributed by atoms with Crippen LogP contribution < -0.4 is 10.7 Å². The zero-order valence-electron chi connectivity index (χ0n) is 12.9. The fraction of sp³-hybridized carbons (Fsp3) is 0.308. The average molecular weight is 358 g/mol. The third-order valence-electron chi connectivity index (χ3n) is 2.69. The number of hydrazine groups is 1. The summed E-state index contributed by atoms with van der Waals surface area (Å²) in [4.78, 5) is 51.0. The number of carbonyl (C=O) groups is 4. The number of nitrogens with one attached hydrogen (secondary N) is 2. The highest BCUT2D eigenvalue weighted by Gasteiger charge is 2.21. The number of carbonyl (C=O) groups excluding carboxylic acids is 3. The topological polar surface area (TPSA) is 132 Å². The predicted octanol–water partition coefficient (Wildman–Crippen LogP) is 0.163. The van der Waals surface area contributed by atoms with Crippen LogP contribution in [-0.2, 0) is 14.4 Å². The van der Waals surface area contributed by atoms with E-state index in [0.29, 0.717) is 10.0 Å². The molecule has 4 amide bonds. The quantitative estimate of drug-likeness (QED) is 0.519. The van der Waals surface area contributed by atoms with E-state index in [2.05, 4.69) is 10.3 Å². The molecule has 0 aromatic carbocycles. The van der Waals surface area contributed by atoms with Crippen molar-refractivity contribution in [3.05, 3.63) is 23.4 Å². The molecule has 0 atom stereocenters. The van der Waals surface area contributed by atoms with Gasteiger partial charge in [-0.25, -0.2) is 14.8 Å². The van der Waals surface area contributed by atoms with E-state index in [1.165, 1.54) is 37.3 Å². The maximum atomic E-state index is 11.7. The smallest absolute Gasteiger partial charge is 0.426 e. The summed E-state index contributed by atoms with van der Waals surface area (Å²) in [6.45, 7) is -0.301. The van der Waals surface area contributed by atoms with Gasteiger partial charge in [-0.2, -0.15) is 0 Å². The van der Waals surface area contributed by atoms with E-state index >= 15 is 0 Å². The van der Waals surface area contributed by atoms with Gasteiger partial charge in [0.05, 0.1) is 11.6 Å². The van der Waals surface area contributed by atoms with Crippen LogP contribution >= 0.6 is 11.6 Å². The van der Waals surface area contributed by atoms with Crippen molar-refractivity contribution >= 4 is 41.2 Å². The van der Waals surface area contributed by atoms with Crippen LogP contribution in [0.5, 0.6) is 0 Å². The molecule has 0 saturated carbocycles. The number of hydrogen-bond acceptors (Lipinski definition) is 5. The van der Waals surface area contributed by atoms with Gasteiger partial charge >= 0.3 is 17.9 Å². The summed E-state index contributed by atoms with van der Waals surface area (Å²) in [6, 6.07) is 2.83. The third kappa shape index (κ3) is 6.08. The summed E-state index contributed by atoms with van der Waals surface area (Å²) in [7, 11) is 3.02. The van der Waals surface area contributed by atoms with Crippen LogP contribution in [-0.4, -0.2) is 64.5 Å². The number of rotatable bonds is 4. The SMILES string of the molecule is CN(C)C(=O)CCN(NC(=O)C(=O)Nc1ccc(Cl)cn1)C(=O)O. The maximum absolute atomic E-state index is 11.7. The lowest BCUT2D eigenvalue weighted by Crippen LogP contribution is -2.50. The second kappa shape index (κ2) is 8.67. The summed E-state index contributed by atoms with van der Waals surface area (Å²) in [6.07, 6.45) is -0.391. The molecule has 1 aromatic rings. The van der Waals surface area contributed by atoms with Crippen LogP contribution in [0, 0.1) is 0 Å². The highest BCUT2D eigenvalue weighted by atomic mass is 35.5. The van der Waals surface area contributed by atoms with Crippen molar-refractivity contribution in [3.63, 3.8) is 0 Å². The lowest BCUT2D eigenvalue weighted by Gasteiger charge is -2.20. The van der Waals surface area contributed by atoms with E-state index in [0.717, 1.165) is 0 Å². The highest BCUT2D eigenvalue weighted by molar-refractivity contribution is 6.39. The monoisotopic (exact) mass is 357 g/mol. The van der Waals surface area contributed by atoms with Crippen molar-refractivity contribution in [2.24, 2.45) is 0 Å². The van der Waals surface area contributed by atoms with E-state index < -0.39 is 17.9 Å². The number of amides is 4. The molecule has 11 heteroatoms. The molecule has 1 heterocycles. The maximum Gasteiger partial charge on any atom is 0.426 e. The third-order valence-corrected chi connectivity index (χ3v) is 2.91. The molecule has 1 rings (SSSR count). The Kier molecular flexibility index (Phi) is 6.93. The van der Waals surface area contributed by atoms with Crippen LogP contribution in [0.3, 0.4) is 0 Å². The van der Waals surface area contributed by atoms with Crippen molar-refractivity contribution in [1.82, 2.24) is 20.3 Å². The van der Waals surface area contributed by atoms with E-state index in [1.54, 1.807) is 0 Å². The fourth-order valence-corrected chi connectivity index (χ4v) is 1.54. The van der Waals surface area contributed by atoms with Gasteiger partial charge in [-0.15, -0.1) is 0 Å². The van der Waals surface area contributed by atoms with Crippen LogP contribution in [0.1, 0.15) is 6.42 Å². The normalized spacial score (nSPS) is 9.79. The molecule has 0 spiro atoms. The number of carboxylic acid groups (broad SMARTS) is 1. The Bertz CT molecular complexity index is 634. The van der Waals surface area contributed by atoms with Crippen LogP contribution in [0.2, 0.25) is 5.02 Å². The Hall–Kier alpha value is -2.88. The first kappa shape index (κ1) is 19.2. The minimum Gasteiger partial charge on any atom is -0.464 e. The minimum atomic E-state index is -1.51. The van der Waals surface area contributed by atoms with Gasteiger partial charge in [0.1, 0.15) is 5.82 Å². The fourth-order valence-electron chi connectivity index (χ4n) is 1.43. The number of anilines is 1. The Balaban J connectivity index is 2.60. The number of hydrogen-bond donors (Lipinski definition) is 3. The van der Waals surface area contributed by atoms with Gasteiger partial charge in [0.25, 0.3) is 0 Å². The van der Waals surface area contributed by atoms with Crippen molar-refractivity contribution in [3.8, 4) is 0 Å². The lowest BCUT2D eigenvalue weighted by molar-refractivity contribution is -0.139. The molecule has 0 aliphatic rings. The van der Waals surface area contributed by atoms with Crippen LogP contribution in [0.4, 0.5) is 10.6 Å². The van der Waals surface area contributed by atoms with E-state index in [4.69, 9.17) is 16.7 Å². The van der Waals surface area contributed by atoms with Gasteiger partial charge in [0.2, 0.25) is 5.91 Å². The molecule has 0 bridgehead atoms. The van der Waals surface area contributed by atoms with Gasteiger partial charge in [-0.3, -0.25) is 19.8 Å². The highest BCUT2D eigenvalue weighted by Crippen LogP contribution is 2.09. The second-order valence-electron chi connectivity index (χ2n) is 4.73. The standard InChI is InChI=1S/C13H16ClN5O5/c1-18(2)10(20)5-6-19(13(23)24)17-12(22)11(21)16-9-4-3-8(14)7-15-9/h3-4,7H,5-6H2,1-2H3,(H,17,22)(H,23,24)(H,15,16,21). The van der Waals surface area contributed by atoms with E-state index in [1.807, 2.05) is 5.43 Å². The summed E-state index contributed by atoms with van der Waals surface area (Å²) >= 11 is 5.64. The zero-order valence-corrected chi connectivity index (χ0v) is 13.7. The van der Waals surface area contributed by atoms with E-state index in [-0.39, 0.29) is 24.7 Å². The first-order valence-corrected chi connectivity index (χ1v) is 7.02. The number of aromatic nitrogens is 1. The Morgan fingerprint density at radius 1 is 1.21 bits per heavy atom. The van der Waals surface area contributed by atoms with Crippen molar-refractivity contribution in [1.29, 1.82) is 0 Å². The molecule has 0 saturated heterocycles. The van der Waals surface area contributed by atoms with Crippen molar-refractivity contribution in [2.75, 3.05) is 26.0 Å². The molecule has 0 aliphatic heterocycles. The molecule has 0 fully saturated rings. The van der Waals surface area contributed by atoms with Crippen molar-refractivity contribution < 1.29 is 24.3 Å². The van der Waals surface area contributed by atoms with Crippen LogP contribution in [0.15, 0.2) is 18.3 Å². The van der Waals surface area contributed by atoms with Gasteiger partial charge in [-0.1, -0.05) is 11.6 Å². The van der Waals surface area contributed by atoms with Gasteiger partial charge in [-0.05, 0) is 12.1 Å². The molecule has 10 nitrogen and oxygen atoms in total. The molecular formula is C13H16ClN5O5. The number of nitrogens with zero attached hydrogens (tertiary/aromatic N) is 3. The Labute approximate surface area is 142 Å². The van der Waals surface area contributed by atoms with Gasteiger partial charge < -0.3 is 15.3 Å². The zero-order chi connectivity index (χ0) is 18.3. The largest absolute Gasteiger partial charge is 0.464 e. The first-order chi connectivity index (χ1) is 11.2. The summed E-state index contributed by atoms with van der Waals surface area (Å²) in [5.41, 5.74) is 1.90. The molecule has 130 valence electrons. The predicted molar refractivity (Wildman–Crippen MR) is 84.1 cm³/mol. The lowest BCUT2D eigenvalue weighted by atomic mass is 10.4. The van der Waals surface area contributed by atoms with Crippen molar-refractivity contribution in [2.45, 2.75) is 6.42 Å². The minimum absolute atomic E-state index is 0.0733. The summed E-state index contributed by atoms with van der Waals surface area (Å²) in [5.74, 6) is -2.59. The number of halogens is 1. The Morgan fingerprint density at radius 2 is 1.88 bits per heavy atom. The van der Waals surface area contributed by atoms with Gasteiger partial charge in [0.15, 0.2) is 0 Å². The first-order valence-electron chi connectivity index (χ1n) is 6.65. The molecule has 3 N–H and O–H groups in total. The Morgan fingerprint density at radius 3 is 2.38 bits per heavy atom. The summed E-state index contributed by atoms with van der Waals surface area (Å²) < 4.78 is 0. The molecule has 0 unspecified atom stereocenters. The summed E-state index contributed by atoms with van der Waals surface area (Å²) in [5, 5.41) is 12.0. The molecular weight excluding hydrogens is 342 g/mol. The molecule has 24 heavy (non-hydrogen) atoms. The van der Waals surface area contributed by atoms with Crippen LogP contribution in [0.25, 0.3) is 0 Å². The molecule has 0 aliphatic carbocycles. The molecule has 0 radical (unpaired) electrons. The van der Waals surface area contributed by atoms with Gasteiger partial charge in [0, 0.05) is 26.7 Å². The van der Waals surface area contributed by atoms with E-state index in [9.17, 15) is 19.2 Å². The molecule has 1 aromatic heterocycles.